The van der Waals surface area contributed by atoms with Crippen molar-refractivity contribution >= 4 is 45.3 Å². The number of hydrogen-bond donors (Lipinski definition) is 2. The minimum Gasteiger partial charge on any atom is -0.326 e. The van der Waals surface area contributed by atoms with E-state index in [-0.39, 0.29) is 11.8 Å². The molecule has 0 atom stereocenters. The molecule has 0 radical (unpaired) electrons. The summed E-state index contributed by atoms with van der Waals surface area (Å²) in [6.45, 7) is 3.83. The normalized spacial score (nSPS) is 10.5. The van der Waals surface area contributed by atoms with E-state index in [9.17, 15) is 9.59 Å². The van der Waals surface area contributed by atoms with Crippen molar-refractivity contribution in [3.63, 3.8) is 0 Å². The monoisotopic (exact) mass is 371 g/mol. The summed E-state index contributed by atoms with van der Waals surface area (Å²) >= 11 is 3.06. The second kappa shape index (κ2) is 7.58. The minimum atomic E-state index is -0.254. The lowest BCUT2D eigenvalue weighted by molar-refractivity contribution is -0.115. The molecule has 3 rings (SSSR count). The van der Waals surface area contributed by atoms with Gasteiger partial charge in [0.05, 0.1) is 10.6 Å². The van der Waals surface area contributed by atoms with E-state index in [1.54, 1.807) is 42.5 Å². The highest BCUT2D eigenvalue weighted by molar-refractivity contribution is 7.17. The smallest absolute Gasteiger partial charge is 0.257 e. The number of aryl methyl sites for hydroxylation is 1. The van der Waals surface area contributed by atoms with Crippen LogP contribution in [-0.2, 0) is 4.79 Å². The van der Waals surface area contributed by atoms with Crippen molar-refractivity contribution in [2.24, 2.45) is 0 Å². The SMILES string of the molecule is CCC(=O)Nc1cccc(C(=O)Nc2nc(-c3ccc(C)s3)cs2)c1. The first kappa shape index (κ1) is 17.3. The molecule has 0 spiro atoms. The van der Waals surface area contributed by atoms with Gasteiger partial charge in [-0.1, -0.05) is 13.0 Å². The Kier molecular flexibility index (Phi) is 5.25. The number of carbonyl (C=O) groups excluding carboxylic acids is 2. The highest BCUT2D eigenvalue weighted by Gasteiger charge is 2.12. The Morgan fingerprint density at radius 2 is 2.00 bits per heavy atom. The molecule has 128 valence electrons. The van der Waals surface area contributed by atoms with Crippen molar-refractivity contribution in [3.8, 4) is 10.6 Å². The second-order valence-corrected chi connectivity index (χ2v) is 7.53. The van der Waals surface area contributed by atoms with Crippen LogP contribution in [0.5, 0.6) is 0 Å². The lowest BCUT2D eigenvalue weighted by Crippen LogP contribution is -2.13. The zero-order valence-electron chi connectivity index (χ0n) is 13.8. The molecule has 7 heteroatoms. The number of hydrogen-bond acceptors (Lipinski definition) is 5. The zero-order valence-corrected chi connectivity index (χ0v) is 15.5. The fraction of sp³-hybridized carbons (Fsp3) is 0.167. The largest absolute Gasteiger partial charge is 0.326 e. The van der Waals surface area contributed by atoms with Crippen molar-refractivity contribution in [1.29, 1.82) is 0 Å². The van der Waals surface area contributed by atoms with Crippen molar-refractivity contribution in [1.82, 2.24) is 4.98 Å². The van der Waals surface area contributed by atoms with Gasteiger partial charge in [0.1, 0.15) is 0 Å². The molecule has 0 saturated heterocycles. The van der Waals surface area contributed by atoms with E-state index < -0.39 is 0 Å². The van der Waals surface area contributed by atoms with Gasteiger partial charge in [-0.15, -0.1) is 22.7 Å². The molecule has 5 nitrogen and oxygen atoms in total. The average Bonchev–Trinajstić information content (AvgIpc) is 3.24. The van der Waals surface area contributed by atoms with Crippen molar-refractivity contribution in [2.75, 3.05) is 10.6 Å². The molecule has 0 fully saturated rings. The number of nitrogens with one attached hydrogen (secondary N) is 2. The molecule has 1 aromatic carbocycles. The standard InChI is InChI=1S/C18H17N3O2S2/c1-3-16(22)19-13-6-4-5-12(9-13)17(23)21-18-20-14(10-24-18)15-8-7-11(2)25-15/h4-10H,3H2,1-2H3,(H,19,22)(H,20,21,23). The van der Waals surface area contributed by atoms with E-state index >= 15 is 0 Å². The van der Waals surface area contributed by atoms with Crippen LogP contribution in [0, 0.1) is 6.92 Å². The van der Waals surface area contributed by atoms with Crippen LogP contribution in [0.2, 0.25) is 0 Å². The van der Waals surface area contributed by atoms with Gasteiger partial charge in [0.15, 0.2) is 5.13 Å². The summed E-state index contributed by atoms with van der Waals surface area (Å²) in [5.41, 5.74) is 1.94. The first-order chi connectivity index (χ1) is 12.0. The number of thiazole rings is 1. The first-order valence-electron chi connectivity index (χ1n) is 7.78. The Balaban J connectivity index is 1.71. The van der Waals surface area contributed by atoms with Crippen LogP contribution >= 0.6 is 22.7 Å². The minimum absolute atomic E-state index is 0.0895. The third-order valence-corrected chi connectivity index (χ3v) is 5.23. The second-order valence-electron chi connectivity index (χ2n) is 5.38. The van der Waals surface area contributed by atoms with Crippen molar-refractivity contribution in [2.45, 2.75) is 20.3 Å². The molecule has 0 bridgehead atoms. The lowest BCUT2D eigenvalue weighted by Gasteiger charge is -2.06. The predicted molar refractivity (Wildman–Crippen MR) is 103 cm³/mol. The first-order valence-corrected chi connectivity index (χ1v) is 9.48. The van der Waals surface area contributed by atoms with E-state index in [4.69, 9.17) is 0 Å². The summed E-state index contributed by atoms with van der Waals surface area (Å²) in [5.74, 6) is -0.343. The maximum absolute atomic E-state index is 12.4. The number of carbonyl (C=O) groups is 2. The van der Waals surface area contributed by atoms with E-state index in [0.29, 0.717) is 22.8 Å². The Labute approximate surface area is 153 Å². The van der Waals surface area contributed by atoms with Gasteiger partial charge in [-0.3, -0.25) is 14.9 Å². The number of rotatable bonds is 5. The van der Waals surface area contributed by atoms with Crippen molar-refractivity contribution in [3.05, 3.63) is 52.2 Å². The van der Waals surface area contributed by atoms with Gasteiger partial charge in [-0.05, 0) is 37.3 Å². The molecule has 3 aromatic rings. The van der Waals surface area contributed by atoms with E-state index in [0.717, 1.165) is 10.6 Å². The number of anilines is 2. The lowest BCUT2D eigenvalue weighted by atomic mass is 10.2. The Morgan fingerprint density at radius 1 is 1.16 bits per heavy atom. The third kappa shape index (κ3) is 4.32. The summed E-state index contributed by atoms with van der Waals surface area (Å²) in [6, 6.07) is 10.9. The number of thiophene rings is 1. The van der Waals surface area contributed by atoms with Crippen molar-refractivity contribution < 1.29 is 9.59 Å². The van der Waals surface area contributed by atoms with Crippen LogP contribution < -0.4 is 10.6 Å². The van der Waals surface area contributed by atoms with Gasteiger partial charge < -0.3 is 5.32 Å². The molecule has 2 N–H and O–H groups in total. The molecule has 0 aliphatic carbocycles. The number of aromatic nitrogens is 1. The van der Waals surface area contributed by atoms with Crippen LogP contribution in [0.15, 0.2) is 41.8 Å². The maximum atomic E-state index is 12.4. The summed E-state index contributed by atoms with van der Waals surface area (Å²) in [6.07, 6.45) is 0.389. The van der Waals surface area contributed by atoms with Gasteiger partial charge in [-0.25, -0.2) is 4.98 Å². The molecule has 2 amide bonds. The number of nitrogens with zero attached hydrogens (tertiary/aromatic N) is 1. The fourth-order valence-electron chi connectivity index (χ4n) is 2.17. The van der Waals surface area contributed by atoms with Crippen LogP contribution in [0.25, 0.3) is 10.6 Å². The summed E-state index contributed by atoms with van der Waals surface area (Å²) in [5, 5.41) is 8.04. The molecule has 0 unspecified atom stereocenters. The van der Waals surface area contributed by atoms with Crippen LogP contribution in [-0.4, -0.2) is 16.8 Å². The highest BCUT2D eigenvalue weighted by Crippen LogP contribution is 2.30. The van der Waals surface area contributed by atoms with Crippen LogP contribution in [0.4, 0.5) is 10.8 Å². The summed E-state index contributed by atoms with van der Waals surface area (Å²) in [7, 11) is 0. The van der Waals surface area contributed by atoms with Crippen LogP contribution in [0.1, 0.15) is 28.6 Å². The molecular weight excluding hydrogens is 354 g/mol. The van der Waals surface area contributed by atoms with Gasteiger partial charge >= 0.3 is 0 Å². The Bertz CT molecular complexity index is 914. The maximum Gasteiger partial charge on any atom is 0.257 e. The third-order valence-electron chi connectivity index (χ3n) is 3.45. The van der Waals surface area contributed by atoms with E-state index in [1.807, 2.05) is 24.4 Å². The highest BCUT2D eigenvalue weighted by atomic mass is 32.1. The Morgan fingerprint density at radius 3 is 2.72 bits per heavy atom. The van der Waals surface area contributed by atoms with Gasteiger partial charge in [-0.2, -0.15) is 0 Å². The molecule has 0 aliphatic heterocycles. The zero-order chi connectivity index (χ0) is 17.8. The van der Waals surface area contributed by atoms with E-state index in [1.165, 1.54) is 16.2 Å². The fourth-order valence-corrected chi connectivity index (χ4v) is 3.78. The summed E-state index contributed by atoms with van der Waals surface area (Å²) in [4.78, 5) is 30.7. The number of benzene rings is 1. The predicted octanol–water partition coefficient (Wildman–Crippen LogP) is 4.78. The Hall–Kier alpha value is -2.51. The molecule has 25 heavy (non-hydrogen) atoms. The average molecular weight is 371 g/mol. The quantitative estimate of drug-likeness (QED) is 0.678. The molecule has 2 heterocycles. The molecule has 0 aliphatic rings. The van der Waals surface area contributed by atoms with E-state index in [2.05, 4.69) is 15.6 Å². The van der Waals surface area contributed by atoms with Gasteiger partial charge in [0.2, 0.25) is 5.91 Å². The molecule has 2 aromatic heterocycles. The molecule has 0 saturated carbocycles. The van der Waals surface area contributed by atoms with Gasteiger partial charge in [0.25, 0.3) is 5.91 Å². The summed E-state index contributed by atoms with van der Waals surface area (Å²) < 4.78 is 0. The van der Waals surface area contributed by atoms with Gasteiger partial charge in [0, 0.05) is 27.9 Å². The van der Waals surface area contributed by atoms with Crippen LogP contribution in [0.3, 0.4) is 0 Å². The topological polar surface area (TPSA) is 71.1 Å². The molecular formula is C18H17N3O2S2. The number of amides is 2.